The largest absolute Gasteiger partial charge is 0.477 e. The van der Waals surface area contributed by atoms with Gasteiger partial charge in [0.05, 0.1) is 0 Å². The molecule has 2 unspecified atom stereocenters. The average molecular weight is 456 g/mol. The molecule has 27 heavy (non-hydrogen) atoms. The summed E-state index contributed by atoms with van der Waals surface area (Å²) in [6.45, 7) is 6.32. The van der Waals surface area contributed by atoms with Crippen LogP contribution in [-0.2, 0) is 32.1 Å². The van der Waals surface area contributed by atoms with Crippen LogP contribution >= 0.6 is 27.7 Å². The van der Waals surface area contributed by atoms with Crippen LogP contribution in [0.4, 0.5) is 0 Å². The lowest BCUT2D eigenvalue weighted by atomic mass is 9.87. The van der Waals surface area contributed by atoms with Crippen LogP contribution in [0.5, 0.6) is 0 Å². The van der Waals surface area contributed by atoms with Gasteiger partial charge in [-0.15, -0.1) is 11.8 Å². The molecule has 8 nitrogen and oxygen atoms in total. The summed E-state index contributed by atoms with van der Waals surface area (Å²) in [7, 11) is 0. The molecule has 4 heterocycles. The van der Waals surface area contributed by atoms with E-state index in [1.54, 1.807) is 0 Å². The van der Waals surface area contributed by atoms with E-state index in [1.807, 2.05) is 10.7 Å². The van der Waals surface area contributed by atoms with Crippen LogP contribution in [0, 0.1) is 5.41 Å². The maximum absolute atomic E-state index is 12.9. The van der Waals surface area contributed by atoms with E-state index in [2.05, 4.69) is 34.9 Å². The highest BCUT2D eigenvalue weighted by atomic mass is 79.9. The smallest absolute Gasteiger partial charge is 0.353 e. The van der Waals surface area contributed by atoms with Crippen molar-refractivity contribution in [2.75, 3.05) is 0 Å². The van der Waals surface area contributed by atoms with Crippen LogP contribution in [0.25, 0.3) is 0 Å². The molecular formula is C17H18BrN3O5S. The number of rotatable bonds is 4. The van der Waals surface area contributed by atoms with Crippen molar-refractivity contribution in [1.29, 1.82) is 0 Å². The first kappa shape index (κ1) is 18.5. The number of alkyl halides is 1. The molecule has 3 atom stereocenters. The zero-order chi connectivity index (χ0) is 19.7. The van der Waals surface area contributed by atoms with Crippen molar-refractivity contribution >= 4 is 45.5 Å². The van der Waals surface area contributed by atoms with Crippen molar-refractivity contribution in [2.45, 2.75) is 49.5 Å². The minimum Gasteiger partial charge on any atom is -0.477 e. The van der Waals surface area contributed by atoms with Crippen molar-refractivity contribution in [3.63, 3.8) is 0 Å². The fourth-order valence-electron chi connectivity index (χ4n) is 3.86. The van der Waals surface area contributed by atoms with Crippen LogP contribution in [0.15, 0.2) is 17.2 Å². The van der Waals surface area contributed by atoms with Gasteiger partial charge >= 0.3 is 11.9 Å². The number of β-lactam (4-membered cyclic amide) rings is 1. The molecule has 1 fully saturated rings. The van der Waals surface area contributed by atoms with Gasteiger partial charge in [-0.05, 0) is 17.9 Å². The summed E-state index contributed by atoms with van der Waals surface area (Å²) < 4.78 is 6.13. The van der Waals surface area contributed by atoms with Gasteiger partial charge in [0.2, 0.25) is 0 Å². The molecule has 1 aromatic heterocycles. The van der Waals surface area contributed by atoms with E-state index in [1.165, 1.54) is 29.0 Å². The standard InChI is InChI=1S/C17H18BrN3O5S/c1-8(22)26-12(10-4-9-5-16(2,3)7-20(9)19-10)17(18)14(25)21-11(13(23)24)6-27-15(17)21/h4,6,12,15H,5,7H2,1-3H3,(H,23,24)/t12?,15-,17?/m1/s1. The van der Waals surface area contributed by atoms with E-state index in [4.69, 9.17) is 4.74 Å². The van der Waals surface area contributed by atoms with Gasteiger partial charge < -0.3 is 9.84 Å². The molecule has 3 aliphatic heterocycles. The van der Waals surface area contributed by atoms with Gasteiger partial charge in [-0.3, -0.25) is 19.2 Å². The first-order valence-electron chi connectivity index (χ1n) is 8.40. The third-order valence-corrected chi connectivity index (χ3v) is 7.67. The predicted octanol–water partition coefficient (Wildman–Crippen LogP) is 2.04. The van der Waals surface area contributed by atoms with Crippen LogP contribution < -0.4 is 0 Å². The van der Waals surface area contributed by atoms with E-state index >= 15 is 0 Å². The Morgan fingerprint density at radius 2 is 2.19 bits per heavy atom. The Hall–Kier alpha value is -1.81. The summed E-state index contributed by atoms with van der Waals surface area (Å²) in [6.07, 6.45) is -0.107. The Balaban J connectivity index is 1.68. The Labute approximate surface area is 168 Å². The van der Waals surface area contributed by atoms with Gasteiger partial charge in [-0.1, -0.05) is 29.8 Å². The molecule has 144 valence electrons. The number of hydrogen-bond acceptors (Lipinski definition) is 6. The fraction of sp³-hybridized carbons (Fsp3) is 0.529. The maximum atomic E-state index is 12.9. The van der Waals surface area contributed by atoms with Crippen molar-refractivity contribution in [1.82, 2.24) is 14.7 Å². The van der Waals surface area contributed by atoms with Crippen molar-refractivity contribution in [3.05, 3.63) is 28.6 Å². The number of carbonyl (C=O) groups is 3. The first-order valence-corrected chi connectivity index (χ1v) is 10.1. The predicted molar refractivity (Wildman–Crippen MR) is 99.8 cm³/mol. The van der Waals surface area contributed by atoms with E-state index < -0.39 is 33.6 Å². The quantitative estimate of drug-likeness (QED) is 0.420. The van der Waals surface area contributed by atoms with Gasteiger partial charge in [0, 0.05) is 24.6 Å². The number of carboxylic acids is 1. The Morgan fingerprint density at radius 3 is 2.78 bits per heavy atom. The highest BCUT2D eigenvalue weighted by molar-refractivity contribution is 9.10. The number of aliphatic carboxylic acids is 1. The number of carboxylic acid groups (broad SMARTS) is 1. The highest BCUT2D eigenvalue weighted by Crippen LogP contribution is 2.58. The zero-order valence-electron chi connectivity index (χ0n) is 14.9. The number of fused-ring (bicyclic) bond motifs is 2. The topological polar surface area (TPSA) is 102 Å². The molecule has 1 aromatic rings. The average Bonchev–Trinajstić information content (AvgIpc) is 3.20. The summed E-state index contributed by atoms with van der Waals surface area (Å²) in [5.74, 6) is -2.15. The molecule has 4 rings (SSSR count). The summed E-state index contributed by atoms with van der Waals surface area (Å²) in [4.78, 5) is 37.2. The third-order valence-electron chi connectivity index (χ3n) is 4.98. The van der Waals surface area contributed by atoms with Crippen molar-refractivity contribution in [3.8, 4) is 0 Å². The first-order chi connectivity index (χ1) is 12.5. The van der Waals surface area contributed by atoms with Gasteiger partial charge in [0.15, 0.2) is 10.4 Å². The molecule has 0 aromatic carbocycles. The van der Waals surface area contributed by atoms with E-state index in [0.717, 1.165) is 18.7 Å². The monoisotopic (exact) mass is 455 g/mol. The number of amides is 1. The number of aromatic nitrogens is 2. The molecule has 0 radical (unpaired) electrons. The Kier molecular flexibility index (Phi) is 4.01. The van der Waals surface area contributed by atoms with E-state index in [9.17, 15) is 19.5 Å². The molecule has 0 aliphatic carbocycles. The minimum atomic E-state index is -1.26. The van der Waals surface area contributed by atoms with Crippen LogP contribution in [-0.4, -0.2) is 47.3 Å². The third kappa shape index (κ3) is 2.64. The zero-order valence-corrected chi connectivity index (χ0v) is 17.3. The summed E-state index contributed by atoms with van der Waals surface area (Å²) >= 11 is 4.69. The minimum absolute atomic E-state index is 0.0688. The molecule has 1 saturated heterocycles. The Bertz CT molecular complexity index is 885. The molecule has 0 bridgehead atoms. The van der Waals surface area contributed by atoms with Crippen molar-refractivity contribution in [2.24, 2.45) is 5.41 Å². The van der Waals surface area contributed by atoms with Crippen LogP contribution in [0.3, 0.4) is 0 Å². The summed E-state index contributed by atoms with van der Waals surface area (Å²) in [6, 6.07) is 1.87. The SMILES string of the molecule is CC(=O)OC(c1cc2n(n1)CC(C)(C)C2)C1(Br)C(=O)N2C(C(=O)O)=CS[C@@H]21. The molecular weight excluding hydrogens is 438 g/mol. The lowest BCUT2D eigenvalue weighted by molar-refractivity contribution is -0.162. The summed E-state index contributed by atoms with van der Waals surface area (Å²) in [5.41, 5.74) is 1.55. The van der Waals surface area contributed by atoms with Gasteiger partial charge in [-0.25, -0.2) is 4.79 Å². The molecule has 0 saturated carbocycles. The number of carbonyl (C=O) groups excluding carboxylic acids is 2. The molecule has 0 spiro atoms. The van der Waals surface area contributed by atoms with Gasteiger partial charge in [0.1, 0.15) is 16.8 Å². The lowest BCUT2D eigenvalue weighted by Crippen LogP contribution is -2.70. The van der Waals surface area contributed by atoms with Crippen LogP contribution in [0.1, 0.15) is 38.3 Å². The number of nitrogens with zero attached hydrogens (tertiary/aromatic N) is 3. The number of esters is 1. The normalized spacial score (nSPS) is 28.9. The molecule has 1 amide bonds. The number of ether oxygens (including phenoxy) is 1. The second kappa shape index (κ2) is 5.84. The molecule has 1 N–H and O–H groups in total. The van der Waals surface area contributed by atoms with E-state index in [-0.39, 0.29) is 11.1 Å². The second-order valence-corrected chi connectivity index (χ2v) is 10.1. The highest BCUT2D eigenvalue weighted by Gasteiger charge is 2.69. The fourth-order valence-corrected chi connectivity index (χ4v) is 6.13. The Morgan fingerprint density at radius 1 is 1.48 bits per heavy atom. The summed E-state index contributed by atoms with van der Waals surface area (Å²) in [5, 5.41) is 14.8. The van der Waals surface area contributed by atoms with E-state index in [0.29, 0.717) is 5.69 Å². The van der Waals surface area contributed by atoms with Crippen LogP contribution in [0.2, 0.25) is 0 Å². The second-order valence-electron chi connectivity index (χ2n) is 7.79. The maximum Gasteiger partial charge on any atom is 0.353 e. The molecule has 3 aliphatic rings. The van der Waals surface area contributed by atoms with Crippen molar-refractivity contribution < 1.29 is 24.2 Å². The van der Waals surface area contributed by atoms with Gasteiger partial charge in [0.25, 0.3) is 5.91 Å². The molecule has 10 heteroatoms. The number of halogens is 1. The number of hydrogen-bond donors (Lipinski definition) is 1. The lowest BCUT2D eigenvalue weighted by Gasteiger charge is -2.51. The van der Waals surface area contributed by atoms with Gasteiger partial charge in [-0.2, -0.15) is 5.10 Å². The number of thioether (sulfide) groups is 1.